The number of hydrogen-bond acceptors (Lipinski definition) is 10. The van der Waals surface area contributed by atoms with Crippen molar-refractivity contribution in [2.75, 3.05) is 36.9 Å². The second-order valence-electron chi connectivity index (χ2n) is 8.22. The third kappa shape index (κ3) is 5.06. The van der Waals surface area contributed by atoms with Crippen molar-refractivity contribution in [2.45, 2.75) is 19.6 Å². The molecule has 1 aromatic carbocycles. The molecule has 4 N–H and O–H groups in total. The maximum Gasteiger partial charge on any atom is 0.248 e. The molecular weight excluding hydrogens is 466 g/mol. The van der Waals surface area contributed by atoms with Crippen LogP contribution in [0.2, 0.25) is 0 Å². The number of rotatable bonds is 6. The van der Waals surface area contributed by atoms with Gasteiger partial charge in [0.05, 0.1) is 29.0 Å². The van der Waals surface area contributed by atoms with E-state index in [9.17, 15) is 9.90 Å². The van der Waals surface area contributed by atoms with Gasteiger partial charge in [0.1, 0.15) is 6.10 Å². The molecule has 4 aromatic rings. The number of benzene rings is 1. The van der Waals surface area contributed by atoms with Gasteiger partial charge in [-0.15, -0.1) is 11.3 Å². The predicted octanol–water partition coefficient (Wildman–Crippen LogP) is 2.23. The summed E-state index contributed by atoms with van der Waals surface area (Å²) in [7, 11) is 0. The van der Waals surface area contributed by atoms with Crippen LogP contribution in [0.4, 0.5) is 11.8 Å². The lowest BCUT2D eigenvalue weighted by Gasteiger charge is -2.28. The third-order valence-electron chi connectivity index (χ3n) is 5.68. The molecule has 3 aromatic heterocycles. The molecular formula is C24H25N7O3S. The molecule has 0 bridgehead atoms. The van der Waals surface area contributed by atoms with Crippen LogP contribution in [-0.2, 0) is 16.1 Å². The fourth-order valence-corrected chi connectivity index (χ4v) is 4.87. The molecule has 0 saturated carbocycles. The Morgan fingerprint density at radius 3 is 2.57 bits per heavy atom. The summed E-state index contributed by atoms with van der Waals surface area (Å²) in [6.07, 6.45) is 2.24. The van der Waals surface area contributed by atoms with Gasteiger partial charge in [-0.2, -0.15) is 0 Å². The van der Waals surface area contributed by atoms with E-state index in [1.54, 1.807) is 23.7 Å². The molecule has 35 heavy (non-hydrogen) atoms. The molecule has 1 aliphatic heterocycles. The van der Waals surface area contributed by atoms with Crippen LogP contribution in [0.1, 0.15) is 12.5 Å². The quantitative estimate of drug-likeness (QED) is 0.370. The first kappa shape index (κ1) is 23.1. The van der Waals surface area contributed by atoms with Gasteiger partial charge in [-0.1, -0.05) is 24.3 Å². The van der Waals surface area contributed by atoms with Gasteiger partial charge in [-0.25, -0.2) is 19.9 Å². The average Bonchev–Trinajstić information content (AvgIpc) is 3.32. The van der Waals surface area contributed by atoms with Gasteiger partial charge in [0.25, 0.3) is 0 Å². The Balaban J connectivity index is 1.49. The Bertz CT molecular complexity index is 1330. The second kappa shape index (κ2) is 9.90. The van der Waals surface area contributed by atoms with E-state index in [-0.39, 0.29) is 5.95 Å². The predicted molar refractivity (Wildman–Crippen MR) is 135 cm³/mol. The van der Waals surface area contributed by atoms with Crippen molar-refractivity contribution in [3.63, 3.8) is 0 Å². The monoisotopic (exact) mass is 491 g/mol. The van der Waals surface area contributed by atoms with E-state index in [1.807, 2.05) is 24.3 Å². The minimum Gasteiger partial charge on any atom is -0.384 e. The van der Waals surface area contributed by atoms with Crippen LogP contribution in [-0.4, -0.2) is 63.4 Å². The number of aromatic nitrogens is 4. The number of thiophene rings is 1. The van der Waals surface area contributed by atoms with Crippen molar-refractivity contribution < 1.29 is 14.6 Å². The van der Waals surface area contributed by atoms with E-state index >= 15 is 0 Å². The van der Waals surface area contributed by atoms with Gasteiger partial charge in [0, 0.05) is 36.9 Å². The van der Waals surface area contributed by atoms with Crippen LogP contribution in [0.3, 0.4) is 0 Å². The number of carbonyl (C=O) groups is 1. The smallest absolute Gasteiger partial charge is 0.248 e. The van der Waals surface area contributed by atoms with Gasteiger partial charge < -0.3 is 25.8 Å². The van der Waals surface area contributed by atoms with Crippen LogP contribution in [0, 0.1) is 0 Å². The first-order chi connectivity index (χ1) is 17.0. The Morgan fingerprint density at radius 2 is 1.89 bits per heavy atom. The van der Waals surface area contributed by atoms with Gasteiger partial charge in [-0.3, -0.25) is 4.79 Å². The number of ether oxygens (including phenoxy) is 1. The Hall–Kier alpha value is -3.67. The Morgan fingerprint density at radius 1 is 1.17 bits per heavy atom. The first-order valence-corrected chi connectivity index (χ1v) is 12.1. The molecule has 0 radical (unpaired) electrons. The minimum atomic E-state index is -1.03. The zero-order valence-corrected chi connectivity index (χ0v) is 20.0. The lowest BCUT2D eigenvalue weighted by atomic mass is 10.1. The number of nitrogen functional groups attached to an aromatic ring is 1. The number of carbonyl (C=O) groups excluding carboxylic acids is 1. The minimum absolute atomic E-state index is 0.204. The molecule has 10 nitrogen and oxygen atoms in total. The number of aliphatic hydroxyl groups is 1. The maximum atomic E-state index is 11.6. The number of anilines is 2. The second-order valence-corrected chi connectivity index (χ2v) is 9.27. The summed E-state index contributed by atoms with van der Waals surface area (Å²) >= 11 is 1.64. The molecule has 0 aliphatic carbocycles. The number of morpholine rings is 1. The summed E-state index contributed by atoms with van der Waals surface area (Å²) in [5.74, 6) is 1.23. The summed E-state index contributed by atoms with van der Waals surface area (Å²) in [4.78, 5) is 32.8. The number of amides is 1. The average molecular weight is 492 g/mol. The van der Waals surface area contributed by atoms with E-state index in [0.717, 1.165) is 45.1 Å². The number of nitrogens with one attached hydrogen (secondary N) is 1. The molecule has 1 fully saturated rings. The highest BCUT2D eigenvalue weighted by Crippen LogP contribution is 2.38. The van der Waals surface area contributed by atoms with Crippen LogP contribution in [0.5, 0.6) is 0 Å². The molecule has 11 heteroatoms. The van der Waals surface area contributed by atoms with Gasteiger partial charge in [0.15, 0.2) is 11.6 Å². The molecule has 1 saturated heterocycles. The van der Waals surface area contributed by atoms with Crippen LogP contribution >= 0.6 is 11.3 Å². The van der Waals surface area contributed by atoms with Gasteiger partial charge >= 0.3 is 0 Å². The van der Waals surface area contributed by atoms with E-state index in [0.29, 0.717) is 31.1 Å². The molecule has 1 aliphatic rings. The fourth-order valence-electron chi connectivity index (χ4n) is 3.75. The molecule has 1 unspecified atom stereocenters. The SMILES string of the molecule is CC(O)C(=O)NCc1ccc(-c2cc3nc(-c4cnc(N)nc4)nc(N4CCOCC4)c3s2)cc1. The summed E-state index contributed by atoms with van der Waals surface area (Å²) in [5.41, 5.74) is 9.19. The molecule has 1 amide bonds. The van der Waals surface area contributed by atoms with Crippen molar-refractivity contribution in [3.8, 4) is 21.8 Å². The summed E-state index contributed by atoms with van der Waals surface area (Å²) in [5, 5.41) is 12.0. The number of nitrogens with zero attached hydrogens (tertiary/aromatic N) is 5. The van der Waals surface area contributed by atoms with E-state index in [2.05, 4.69) is 26.3 Å². The van der Waals surface area contributed by atoms with Crippen molar-refractivity contribution in [1.82, 2.24) is 25.3 Å². The van der Waals surface area contributed by atoms with Gasteiger partial charge in [-0.05, 0) is 24.1 Å². The molecule has 4 heterocycles. The summed E-state index contributed by atoms with van der Waals surface area (Å²) in [6, 6.07) is 10.0. The van der Waals surface area contributed by atoms with Gasteiger partial charge in [0.2, 0.25) is 11.9 Å². The van der Waals surface area contributed by atoms with Crippen molar-refractivity contribution in [3.05, 3.63) is 48.3 Å². The van der Waals surface area contributed by atoms with Crippen molar-refractivity contribution >= 4 is 39.2 Å². The van der Waals surface area contributed by atoms with E-state index < -0.39 is 12.0 Å². The Labute approximate surface area is 205 Å². The van der Waals surface area contributed by atoms with Crippen LogP contribution in [0.15, 0.2) is 42.7 Å². The third-order valence-corrected chi connectivity index (χ3v) is 6.85. The number of nitrogens with two attached hydrogens (primary N) is 1. The van der Waals surface area contributed by atoms with Crippen molar-refractivity contribution in [2.24, 2.45) is 0 Å². The number of fused-ring (bicyclic) bond motifs is 1. The highest BCUT2D eigenvalue weighted by Gasteiger charge is 2.21. The van der Waals surface area contributed by atoms with E-state index in [4.69, 9.17) is 20.4 Å². The molecule has 180 valence electrons. The molecule has 1 atom stereocenters. The molecule has 0 spiro atoms. The van der Waals surface area contributed by atoms with Crippen molar-refractivity contribution in [1.29, 1.82) is 0 Å². The van der Waals surface area contributed by atoms with Crippen LogP contribution in [0.25, 0.3) is 32.0 Å². The zero-order chi connectivity index (χ0) is 24.4. The fraction of sp³-hybridized carbons (Fsp3) is 0.292. The number of hydrogen-bond donors (Lipinski definition) is 3. The lowest BCUT2D eigenvalue weighted by molar-refractivity contribution is -0.128. The van der Waals surface area contributed by atoms with Crippen LogP contribution < -0.4 is 16.0 Å². The highest BCUT2D eigenvalue weighted by molar-refractivity contribution is 7.22. The first-order valence-electron chi connectivity index (χ1n) is 11.2. The zero-order valence-electron chi connectivity index (χ0n) is 19.1. The summed E-state index contributed by atoms with van der Waals surface area (Å²) < 4.78 is 6.55. The largest absolute Gasteiger partial charge is 0.384 e. The normalized spacial score (nSPS) is 14.7. The topological polar surface area (TPSA) is 139 Å². The standard InChI is InChI=1S/C24H25N7O3S/c1-14(32)23(33)26-11-15-2-4-16(5-3-15)19-10-18-20(35-19)22(31-6-8-34-9-7-31)30-21(29-18)17-12-27-24(25)28-13-17/h2-5,10,12-14,32H,6-9,11H2,1H3,(H,26,33)(H2,25,27,28). The number of aliphatic hydroxyl groups excluding tert-OH is 1. The Kier molecular flexibility index (Phi) is 6.53. The maximum absolute atomic E-state index is 11.6. The lowest BCUT2D eigenvalue weighted by Crippen LogP contribution is -2.36. The van der Waals surface area contributed by atoms with E-state index in [1.165, 1.54) is 6.92 Å². The molecule has 5 rings (SSSR count). The highest BCUT2D eigenvalue weighted by atomic mass is 32.1. The summed E-state index contributed by atoms with van der Waals surface area (Å²) in [6.45, 7) is 4.61.